The van der Waals surface area contributed by atoms with Crippen LogP contribution in [-0.4, -0.2) is 48.5 Å². The summed E-state index contributed by atoms with van der Waals surface area (Å²) >= 11 is 0. The highest BCUT2D eigenvalue weighted by atomic mass is 32.2. The van der Waals surface area contributed by atoms with Crippen LogP contribution in [0.3, 0.4) is 0 Å². The molecule has 202 valence electrons. The van der Waals surface area contributed by atoms with E-state index in [1.54, 1.807) is 7.05 Å². The van der Waals surface area contributed by atoms with Gasteiger partial charge >= 0.3 is 5.97 Å². The van der Waals surface area contributed by atoms with Gasteiger partial charge in [-0.05, 0) is 67.8 Å². The van der Waals surface area contributed by atoms with Crippen molar-refractivity contribution in [3.05, 3.63) is 77.6 Å². The molecule has 0 spiro atoms. The van der Waals surface area contributed by atoms with E-state index in [9.17, 15) is 23.4 Å². The molecule has 0 unspecified atom stereocenters. The van der Waals surface area contributed by atoms with Gasteiger partial charge in [-0.2, -0.15) is 4.31 Å². The van der Waals surface area contributed by atoms with Crippen molar-refractivity contribution in [2.24, 2.45) is 0 Å². The number of carboxylic acid groups (broad SMARTS) is 1. The van der Waals surface area contributed by atoms with Crippen molar-refractivity contribution in [2.45, 2.75) is 56.6 Å². The monoisotopic (exact) mass is 540 g/mol. The standard InChI is InChI=1S/C29H33FN2O5S/c1-5-6-10-21-18-32(20-11-8-7-9-12-20)26-17-25(30)23(16-27(26)38(36,37)31(21)4)22-15-19(28(33)34)13-14-24(22)29(2,3)35/h7-9,11-17,21,35H,5-6,10,18H2,1-4H3,(H,33,34)/t21-/m1/s1. The lowest BCUT2D eigenvalue weighted by Crippen LogP contribution is -2.40. The number of likely N-dealkylation sites (N-methyl/N-ethyl adjacent to an activating group) is 1. The van der Waals surface area contributed by atoms with Gasteiger partial charge in [-0.25, -0.2) is 17.6 Å². The quantitative estimate of drug-likeness (QED) is 0.396. The third-order valence-electron chi connectivity index (χ3n) is 7.08. The highest BCUT2D eigenvalue weighted by Crippen LogP contribution is 2.43. The van der Waals surface area contributed by atoms with Crippen LogP contribution in [0.4, 0.5) is 15.8 Å². The summed E-state index contributed by atoms with van der Waals surface area (Å²) in [4.78, 5) is 13.5. The first-order chi connectivity index (χ1) is 17.9. The molecular formula is C29H33FN2O5S. The van der Waals surface area contributed by atoms with Crippen LogP contribution in [-0.2, 0) is 15.6 Å². The minimum atomic E-state index is -4.05. The fourth-order valence-electron chi connectivity index (χ4n) is 4.94. The van der Waals surface area contributed by atoms with Gasteiger partial charge in [0.1, 0.15) is 10.7 Å². The summed E-state index contributed by atoms with van der Waals surface area (Å²) in [6.07, 6.45) is 2.38. The van der Waals surface area contributed by atoms with Crippen molar-refractivity contribution in [2.75, 3.05) is 18.5 Å². The normalized spacial score (nSPS) is 17.6. The van der Waals surface area contributed by atoms with E-state index in [2.05, 4.69) is 0 Å². The molecule has 3 aromatic rings. The molecule has 38 heavy (non-hydrogen) atoms. The fourth-order valence-corrected chi connectivity index (χ4v) is 6.52. The Labute approximate surface area is 223 Å². The van der Waals surface area contributed by atoms with Gasteiger partial charge in [0.2, 0.25) is 10.0 Å². The van der Waals surface area contributed by atoms with Crippen LogP contribution >= 0.6 is 0 Å². The molecule has 0 amide bonds. The number of aliphatic hydroxyl groups is 1. The molecule has 3 aromatic carbocycles. The van der Waals surface area contributed by atoms with Crippen molar-refractivity contribution in [3.8, 4) is 11.1 Å². The minimum Gasteiger partial charge on any atom is -0.478 e. The van der Waals surface area contributed by atoms with Gasteiger partial charge in [-0.15, -0.1) is 0 Å². The van der Waals surface area contributed by atoms with Gasteiger partial charge in [0.25, 0.3) is 0 Å². The number of carboxylic acids is 1. The zero-order valence-electron chi connectivity index (χ0n) is 22.0. The average molecular weight is 541 g/mol. The van der Waals surface area contributed by atoms with Crippen molar-refractivity contribution >= 4 is 27.4 Å². The van der Waals surface area contributed by atoms with E-state index in [0.717, 1.165) is 18.5 Å². The van der Waals surface area contributed by atoms with Gasteiger partial charge in [-0.3, -0.25) is 0 Å². The number of hydrogen-bond donors (Lipinski definition) is 2. The average Bonchev–Trinajstić information content (AvgIpc) is 2.94. The van der Waals surface area contributed by atoms with Crippen LogP contribution in [0.25, 0.3) is 11.1 Å². The van der Waals surface area contributed by atoms with E-state index in [0.29, 0.717) is 13.0 Å². The van der Waals surface area contributed by atoms with Gasteiger partial charge < -0.3 is 15.1 Å². The summed E-state index contributed by atoms with van der Waals surface area (Å²) in [5.41, 5.74) is -0.299. The highest BCUT2D eigenvalue weighted by Gasteiger charge is 2.38. The maximum absolute atomic E-state index is 16.0. The Hall–Kier alpha value is -3.27. The number of sulfonamides is 1. The third-order valence-corrected chi connectivity index (χ3v) is 9.02. The van der Waals surface area contributed by atoms with Gasteiger partial charge in [0.15, 0.2) is 0 Å². The second-order valence-electron chi connectivity index (χ2n) is 10.2. The summed E-state index contributed by atoms with van der Waals surface area (Å²) in [5.74, 6) is -1.94. The summed E-state index contributed by atoms with van der Waals surface area (Å²) in [5, 5.41) is 20.3. The van der Waals surface area contributed by atoms with Crippen molar-refractivity contribution in [1.82, 2.24) is 4.31 Å². The molecule has 0 bridgehead atoms. The van der Waals surface area contributed by atoms with E-state index in [1.807, 2.05) is 42.2 Å². The molecule has 9 heteroatoms. The molecular weight excluding hydrogens is 507 g/mol. The molecule has 4 rings (SSSR count). The molecule has 1 heterocycles. The van der Waals surface area contributed by atoms with E-state index in [4.69, 9.17) is 0 Å². The van der Waals surface area contributed by atoms with E-state index in [1.165, 1.54) is 48.5 Å². The molecule has 0 saturated carbocycles. The van der Waals surface area contributed by atoms with Crippen LogP contribution in [0.15, 0.2) is 65.6 Å². The first-order valence-electron chi connectivity index (χ1n) is 12.6. The van der Waals surface area contributed by atoms with Crippen LogP contribution in [0, 0.1) is 5.82 Å². The number of rotatable bonds is 7. The molecule has 0 fully saturated rings. The Bertz CT molecular complexity index is 1450. The number of carbonyl (C=O) groups is 1. The number of unbranched alkanes of at least 4 members (excludes halogenated alkanes) is 1. The topological polar surface area (TPSA) is 98.1 Å². The smallest absolute Gasteiger partial charge is 0.335 e. The molecule has 2 N–H and O–H groups in total. The molecule has 0 saturated heterocycles. The number of nitrogens with zero attached hydrogens (tertiary/aromatic N) is 2. The van der Waals surface area contributed by atoms with Crippen molar-refractivity contribution in [1.29, 1.82) is 0 Å². The Balaban J connectivity index is 2.02. The number of fused-ring (bicyclic) bond motifs is 1. The number of aromatic carboxylic acids is 1. The van der Waals surface area contributed by atoms with E-state index in [-0.39, 0.29) is 38.9 Å². The van der Waals surface area contributed by atoms with Crippen LogP contribution < -0.4 is 4.90 Å². The highest BCUT2D eigenvalue weighted by molar-refractivity contribution is 7.89. The zero-order chi connectivity index (χ0) is 27.8. The van der Waals surface area contributed by atoms with Crippen LogP contribution in [0.1, 0.15) is 56.0 Å². The summed E-state index contributed by atoms with van der Waals surface area (Å²) in [6.45, 7) is 5.40. The lowest BCUT2D eigenvalue weighted by atomic mass is 9.88. The van der Waals surface area contributed by atoms with E-state index >= 15 is 4.39 Å². The number of hydrogen-bond acceptors (Lipinski definition) is 5. The SMILES string of the molecule is CCCC[C@@H]1CN(c2ccccc2)c2cc(F)c(-c3cc(C(=O)O)ccc3C(C)(C)O)cc2S(=O)(=O)N1C. The Morgan fingerprint density at radius 3 is 2.37 bits per heavy atom. The molecule has 0 radical (unpaired) electrons. The number of anilines is 2. The summed E-state index contributed by atoms with van der Waals surface area (Å²) < 4.78 is 45.2. The summed E-state index contributed by atoms with van der Waals surface area (Å²) in [7, 11) is -2.51. The molecule has 1 aliphatic heterocycles. The predicted octanol–water partition coefficient (Wildman–Crippen LogP) is 5.75. The zero-order valence-corrected chi connectivity index (χ0v) is 22.8. The van der Waals surface area contributed by atoms with Gasteiger partial charge in [-0.1, -0.05) is 44.0 Å². The first-order valence-corrected chi connectivity index (χ1v) is 14.0. The number of para-hydroxylation sites is 1. The number of halogens is 1. The number of benzene rings is 3. The van der Waals surface area contributed by atoms with Crippen molar-refractivity contribution < 1.29 is 27.8 Å². The predicted molar refractivity (Wildman–Crippen MR) is 146 cm³/mol. The lowest BCUT2D eigenvalue weighted by molar-refractivity contribution is 0.0692. The maximum Gasteiger partial charge on any atom is 0.335 e. The Morgan fingerprint density at radius 1 is 1.08 bits per heavy atom. The molecule has 0 aromatic heterocycles. The third kappa shape index (κ3) is 5.18. The second kappa shape index (κ2) is 10.5. The molecule has 0 aliphatic carbocycles. The Morgan fingerprint density at radius 2 is 1.76 bits per heavy atom. The maximum atomic E-state index is 16.0. The second-order valence-corrected chi connectivity index (χ2v) is 12.2. The van der Waals surface area contributed by atoms with E-state index < -0.39 is 27.4 Å². The molecule has 1 aliphatic rings. The van der Waals surface area contributed by atoms with Gasteiger partial charge in [0, 0.05) is 30.9 Å². The first kappa shape index (κ1) is 27.8. The van der Waals surface area contributed by atoms with Gasteiger partial charge in [0.05, 0.1) is 16.9 Å². The Kier molecular flexibility index (Phi) is 7.65. The fraction of sp³-hybridized carbons (Fsp3) is 0.345. The van der Waals surface area contributed by atoms with Crippen LogP contribution in [0.5, 0.6) is 0 Å². The molecule has 7 nitrogen and oxygen atoms in total. The molecule has 1 atom stereocenters. The largest absolute Gasteiger partial charge is 0.478 e. The lowest BCUT2D eigenvalue weighted by Gasteiger charge is -2.29. The van der Waals surface area contributed by atoms with Crippen molar-refractivity contribution in [3.63, 3.8) is 0 Å². The van der Waals surface area contributed by atoms with Crippen LogP contribution in [0.2, 0.25) is 0 Å². The summed E-state index contributed by atoms with van der Waals surface area (Å²) in [6, 6.07) is 15.4. The minimum absolute atomic E-state index is 0.0818.